The first-order chi connectivity index (χ1) is 7.68. The maximum atomic E-state index is 4.86. The highest BCUT2D eigenvalue weighted by Gasteiger charge is 2.31. The predicted octanol–water partition coefficient (Wildman–Crippen LogP) is 4.59. The second-order valence-electron chi connectivity index (χ2n) is 7.44. The van der Waals surface area contributed by atoms with Crippen molar-refractivity contribution in [2.75, 3.05) is 0 Å². The number of thiazole rings is 1. The van der Waals surface area contributed by atoms with Crippen LogP contribution in [0.2, 0.25) is 0 Å². The third kappa shape index (κ3) is 2.73. The van der Waals surface area contributed by atoms with Crippen LogP contribution in [0.15, 0.2) is 0 Å². The topological polar surface area (TPSA) is 12.9 Å². The maximum absolute atomic E-state index is 4.86. The summed E-state index contributed by atoms with van der Waals surface area (Å²) < 4.78 is 0. The van der Waals surface area contributed by atoms with E-state index in [2.05, 4.69) is 41.5 Å². The van der Waals surface area contributed by atoms with E-state index in [4.69, 9.17) is 4.98 Å². The average Bonchev–Trinajstić information content (AvgIpc) is 2.57. The summed E-state index contributed by atoms with van der Waals surface area (Å²) in [4.78, 5) is 6.41. The van der Waals surface area contributed by atoms with Crippen molar-refractivity contribution < 1.29 is 0 Å². The average molecular weight is 251 g/mol. The standard InChI is InChI=1S/C15H25NS/c1-14(2,3)10-7-8-11-12(9-10)17-13(16-11)15(4,5)6/h10H,7-9H2,1-6H3. The lowest BCUT2D eigenvalue weighted by molar-refractivity contribution is 0.217. The molecule has 0 aromatic carbocycles. The monoisotopic (exact) mass is 251 g/mol. The molecule has 0 spiro atoms. The van der Waals surface area contributed by atoms with E-state index in [0.717, 1.165) is 5.92 Å². The van der Waals surface area contributed by atoms with Crippen molar-refractivity contribution in [2.45, 2.75) is 66.2 Å². The third-order valence-electron chi connectivity index (χ3n) is 3.81. The molecule has 1 nitrogen and oxygen atoms in total. The lowest BCUT2D eigenvalue weighted by atomic mass is 9.73. The Kier molecular flexibility index (Phi) is 3.14. The van der Waals surface area contributed by atoms with E-state index in [1.54, 1.807) is 4.88 Å². The van der Waals surface area contributed by atoms with E-state index < -0.39 is 0 Å². The number of fused-ring (bicyclic) bond motifs is 1. The van der Waals surface area contributed by atoms with E-state index in [0.29, 0.717) is 5.41 Å². The van der Waals surface area contributed by atoms with Gasteiger partial charge < -0.3 is 0 Å². The third-order valence-corrected chi connectivity index (χ3v) is 5.35. The van der Waals surface area contributed by atoms with Crippen LogP contribution in [0.5, 0.6) is 0 Å². The predicted molar refractivity (Wildman–Crippen MR) is 75.8 cm³/mol. The van der Waals surface area contributed by atoms with Crippen molar-refractivity contribution in [3.63, 3.8) is 0 Å². The van der Waals surface area contributed by atoms with Crippen molar-refractivity contribution in [3.05, 3.63) is 15.6 Å². The Bertz CT molecular complexity index is 404. The fourth-order valence-electron chi connectivity index (χ4n) is 2.43. The van der Waals surface area contributed by atoms with E-state index in [1.165, 1.54) is 30.0 Å². The summed E-state index contributed by atoms with van der Waals surface area (Å²) in [6.07, 6.45) is 3.74. The number of nitrogens with zero attached hydrogens (tertiary/aromatic N) is 1. The van der Waals surface area contributed by atoms with Gasteiger partial charge in [-0.1, -0.05) is 41.5 Å². The van der Waals surface area contributed by atoms with Gasteiger partial charge in [0, 0.05) is 10.3 Å². The Morgan fingerprint density at radius 3 is 2.29 bits per heavy atom. The normalized spacial score (nSPS) is 21.4. The molecule has 2 rings (SSSR count). The molecule has 1 aromatic heterocycles. The smallest absolute Gasteiger partial charge is 0.0984 e. The van der Waals surface area contributed by atoms with Crippen LogP contribution in [-0.4, -0.2) is 4.98 Å². The van der Waals surface area contributed by atoms with Crippen LogP contribution < -0.4 is 0 Å². The molecule has 2 heteroatoms. The Morgan fingerprint density at radius 2 is 1.76 bits per heavy atom. The summed E-state index contributed by atoms with van der Waals surface area (Å²) in [7, 11) is 0. The molecule has 1 heterocycles. The summed E-state index contributed by atoms with van der Waals surface area (Å²) in [5.74, 6) is 0.822. The first kappa shape index (κ1) is 13.1. The van der Waals surface area contributed by atoms with Crippen molar-refractivity contribution in [3.8, 4) is 0 Å². The SMILES string of the molecule is CC(C)(C)c1nc2c(s1)CC(C(C)(C)C)CC2. The van der Waals surface area contributed by atoms with Gasteiger partial charge in [-0.15, -0.1) is 11.3 Å². The lowest BCUT2D eigenvalue weighted by Crippen LogP contribution is -2.26. The number of hydrogen-bond acceptors (Lipinski definition) is 2. The number of aromatic nitrogens is 1. The molecule has 17 heavy (non-hydrogen) atoms. The molecular weight excluding hydrogens is 226 g/mol. The molecule has 0 bridgehead atoms. The molecule has 0 N–H and O–H groups in total. The van der Waals surface area contributed by atoms with Crippen molar-refractivity contribution in [2.24, 2.45) is 11.3 Å². The van der Waals surface area contributed by atoms with Gasteiger partial charge in [0.1, 0.15) is 0 Å². The second-order valence-corrected chi connectivity index (χ2v) is 8.53. The fourth-order valence-corrected chi connectivity index (χ4v) is 3.68. The Hall–Kier alpha value is -0.370. The molecule has 1 aliphatic carbocycles. The Labute approximate surface area is 110 Å². The van der Waals surface area contributed by atoms with Gasteiger partial charge in [-0.2, -0.15) is 0 Å². The van der Waals surface area contributed by atoms with Crippen LogP contribution in [0.3, 0.4) is 0 Å². The van der Waals surface area contributed by atoms with Gasteiger partial charge in [0.25, 0.3) is 0 Å². The number of rotatable bonds is 0. The summed E-state index contributed by atoms with van der Waals surface area (Å²) >= 11 is 1.95. The minimum absolute atomic E-state index is 0.208. The van der Waals surface area contributed by atoms with E-state index in [9.17, 15) is 0 Å². The first-order valence-corrected chi connectivity index (χ1v) is 7.48. The summed E-state index contributed by atoms with van der Waals surface area (Å²) in [5.41, 5.74) is 2.03. The minimum atomic E-state index is 0.208. The molecule has 0 saturated carbocycles. The highest BCUT2D eigenvalue weighted by molar-refractivity contribution is 7.11. The molecule has 0 radical (unpaired) electrons. The molecule has 1 aromatic rings. The lowest BCUT2D eigenvalue weighted by Gasteiger charge is -2.33. The van der Waals surface area contributed by atoms with Crippen molar-refractivity contribution in [1.82, 2.24) is 4.98 Å². The van der Waals surface area contributed by atoms with Crippen molar-refractivity contribution in [1.29, 1.82) is 0 Å². The van der Waals surface area contributed by atoms with Gasteiger partial charge >= 0.3 is 0 Å². The van der Waals surface area contributed by atoms with E-state index >= 15 is 0 Å². The summed E-state index contributed by atoms with van der Waals surface area (Å²) in [5, 5.41) is 1.32. The minimum Gasteiger partial charge on any atom is -0.245 e. The highest BCUT2D eigenvalue weighted by Crippen LogP contribution is 2.40. The van der Waals surface area contributed by atoms with E-state index in [-0.39, 0.29) is 5.41 Å². The molecule has 0 aliphatic heterocycles. The van der Waals surface area contributed by atoms with Gasteiger partial charge in [-0.3, -0.25) is 0 Å². The molecule has 0 amide bonds. The summed E-state index contributed by atoms with van der Waals surface area (Å²) in [6.45, 7) is 13.9. The zero-order valence-electron chi connectivity index (χ0n) is 12.1. The zero-order valence-corrected chi connectivity index (χ0v) is 12.9. The highest BCUT2D eigenvalue weighted by atomic mass is 32.1. The fraction of sp³-hybridized carbons (Fsp3) is 0.800. The Balaban J connectivity index is 2.25. The van der Waals surface area contributed by atoms with Crippen LogP contribution in [0.25, 0.3) is 0 Å². The van der Waals surface area contributed by atoms with Gasteiger partial charge in [0.05, 0.1) is 10.7 Å². The molecule has 1 aliphatic rings. The zero-order chi connectivity index (χ0) is 12.8. The number of hydrogen-bond donors (Lipinski definition) is 0. The summed E-state index contributed by atoms with van der Waals surface area (Å²) in [6, 6.07) is 0. The van der Waals surface area contributed by atoms with E-state index in [1.807, 2.05) is 11.3 Å². The van der Waals surface area contributed by atoms with Crippen LogP contribution in [-0.2, 0) is 18.3 Å². The first-order valence-electron chi connectivity index (χ1n) is 6.67. The molecule has 0 fully saturated rings. The molecule has 0 saturated heterocycles. The van der Waals surface area contributed by atoms with Gasteiger partial charge in [0.2, 0.25) is 0 Å². The van der Waals surface area contributed by atoms with Gasteiger partial charge in [0.15, 0.2) is 0 Å². The number of aryl methyl sites for hydroxylation is 1. The Morgan fingerprint density at radius 1 is 1.12 bits per heavy atom. The van der Waals surface area contributed by atoms with Crippen LogP contribution in [0.4, 0.5) is 0 Å². The molecular formula is C15H25NS. The molecule has 1 unspecified atom stereocenters. The van der Waals surface area contributed by atoms with Crippen LogP contribution >= 0.6 is 11.3 Å². The molecule has 96 valence electrons. The maximum Gasteiger partial charge on any atom is 0.0984 e. The van der Waals surface area contributed by atoms with Gasteiger partial charge in [-0.05, 0) is 30.6 Å². The van der Waals surface area contributed by atoms with Crippen LogP contribution in [0, 0.1) is 11.3 Å². The van der Waals surface area contributed by atoms with Gasteiger partial charge in [-0.25, -0.2) is 4.98 Å². The molecule has 1 atom stereocenters. The second kappa shape index (κ2) is 4.08. The quantitative estimate of drug-likeness (QED) is 0.657. The van der Waals surface area contributed by atoms with Crippen LogP contribution in [0.1, 0.15) is 63.5 Å². The largest absolute Gasteiger partial charge is 0.245 e. The van der Waals surface area contributed by atoms with Crippen molar-refractivity contribution >= 4 is 11.3 Å².